The molecule has 2 aliphatic carbocycles. The van der Waals surface area contributed by atoms with Crippen molar-refractivity contribution in [3.8, 4) is 22.8 Å². The zero-order valence-electron chi connectivity index (χ0n) is 35.8. The normalized spacial score (nSPS) is 19.9. The van der Waals surface area contributed by atoms with Gasteiger partial charge in [-0.3, -0.25) is 14.4 Å². The molecule has 2 aliphatic rings. The number of hydrogen-bond acceptors (Lipinski definition) is 10. The molecule has 1 heterocycles. The van der Waals surface area contributed by atoms with E-state index in [0.717, 1.165) is 43.1 Å². The molecular weight excluding hydrogens is 753 g/mol. The van der Waals surface area contributed by atoms with Gasteiger partial charge in [-0.2, -0.15) is 0 Å². The van der Waals surface area contributed by atoms with Crippen molar-refractivity contribution in [3.05, 3.63) is 54.6 Å². The number of nitrogens with one attached hydrogen (secondary N) is 3. The van der Waals surface area contributed by atoms with Crippen molar-refractivity contribution in [3.63, 3.8) is 0 Å². The van der Waals surface area contributed by atoms with Crippen molar-refractivity contribution in [2.45, 2.75) is 129 Å². The summed E-state index contributed by atoms with van der Waals surface area (Å²) in [5, 5.41) is 9.48. The Morgan fingerprint density at radius 3 is 2.08 bits per heavy atom. The van der Waals surface area contributed by atoms with Crippen LogP contribution in [-0.2, 0) is 33.4 Å². The Balaban J connectivity index is 1.45. The Hall–Kier alpha value is -5.20. The number of hydrogen-bond donors (Lipinski definition) is 3. The monoisotopic (exact) mass is 814 g/mol. The largest absolute Gasteiger partial charge is 0.497 e. The van der Waals surface area contributed by atoms with Crippen LogP contribution >= 0.6 is 0 Å². The van der Waals surface area contributed by atoms with Crippen LogP contribution in [0.2, 0.25) is 0 Å². The van der Waals surface area contributed by atoms with Crippen molar-refractivity contribution < 1.29 is 42.9 Å². The van der Waals surface area contributed by atoms with Crippen LogP contribution in [0.25, 0.3) is 22.2 Å². The summed E-state index contributed by atoms with van der Waals surface area (Å²) < 4.78 is 23.0. The topological polar surface area (TPSA) is 171 Å². The molecule has 3 amide bonds. The third-order valence-corrected chi connectivity index (χ3v) is 11.2. The molecule has 2 aromatic carbocycles. The second-order valence-corrected chi connectivity index (χ2v) is 17.2. The molecule has 2 fully saturated rings. The van der Waals surface area contributed by atoms with Crippen molar-refractivity contribution in [2.75, 3.05) is 14.2 Å². The minimum atomic E-state index is -1.01. The van der Waals surface area contributed by atoms with E-state index in [0.29, 0.717) is 35.6 Å². The van der Waals surface area contributed by atoms with Gasteiger partial charge in [-0.05, 0) is 76.8 Å². The van der Waals surface area contributed by atoms with E-state index in [9.17, 15) is 24.0 Å². The van der Waals surface area contributed by atoms with Gasteiger partial charge >= 0.3 is 11.9 Å². The van der Waals surface area contributed by atoms with E-state index >= 15 is 0 Å². The second kappa shape index (κ2) is 20.2. The number of amides is 3. The zero-order valence-corrected chi connectivity index (χ0v) is 35.8. The third-order valence-electron chi connectivity index (χ3n) is 11.2. The minimum Gasteiger partial charge on any atom is -0.497 e. The molecule has 5 rings (SSSR count). The Morgan fingerprint density at radius 2 is 1.49 bits per heavy atom. The van der Waals surface area contributed by atoms with Gasteiger partial charge in [0.05, 0.1) is 37.3 Å². The standard InChI is InChI=1S/C46H62N4O9/c1-9-16-35(44(54)59-46(4,5)6)48-41(51)33-23-31(58-38-26-36(28-17-12-10-13-18-28)47-37-25-30(56-7)21-22-32(37)38)24-34(33)42(52)49-39(27(2)3)43(53)50-40(45(55)57-8)29-19-14-11-15-20-29/h10,12-13,17-18,21-22,25-27,29,31,33-35,39-40H,9,11,14-16,19-20,23-24H2,1-8H3,(H,48,51)(H,49,52)(H,50,53)/t31-,33-,34-,35+,39+,40+/m1/s1. The Morgan fingerprint density at radius 1 is 0.831 bits per heavy atom. The van der Waals surface area contributed by atoms with Gasteiger partial charge in [0.15, 0.2) is 0 Å². The van der Waals surface area contributed by atoms with Crippen LogP contribution in [0.5, 0.6) is 11.5 Å². The predicted octanol–water partition coefficient (Wildman–Crippen LogP) is 6.69. The van der Waals surface area contributed by atoms with E-state index in [4.69, 9.17) is 23.9 Å². The summed E-state index contributed by atoms with van der Waals surface area (Å²) in [4.78, 5) is 73.8. The fourth-order valence-electron chi connectivity index (χ4n) is 8.20. The van der Waals surface area contributed by atoms with Gasteiger partial charge in [0, 0.05) is 23.1 Å². The van der Waals surface area contributed by atoms with E-state index in [1.807, 2.05) is 75.4 Å². The number of nitrogens with zero attached hydrogens (tertiary/aromatic N) is 1. The number of esters is 2. The number of fused-ring (bicyclic) bond motifs is 1. The van der Waals surface area contributed by atoms with Crippen LogP contribution in [0.1, 0.15) is 99.3 Å². The van der Waals surface area contributed by atoms with E-state index in [1.54, 1.807) is 27.9 Å². The smallest absolute Gasteiger partial charge is 0.329 e. The van der Waals surface area contributed by atoms with Gasteiger partial charge in [0.1, 0.15) is 41.3 Å². The van der Waals surface area contributed by atoms with Gasteiger partial charge in [0.2, 0.25) is 17.7 Å². The number of rotatable bonds is 16. The van der Waals surface area contributed by atoms with Crippen LogP contribution in [0.3, 0.4) is 0 Å². The summed E-state index contributed by atoms with van der Waals surface area (Å²) in [6.45, 7) is 10.8. The van der Waals surface area contributed by atoms with Crippen molar-refractivity contribution >= 4 is 40.6 Å². The lowest BCUT2D eigenvalue weighted by Gasteiger charge is -2.31. The van der Waals surface area contributed by atoms with Gasteiger partial charge in [-0.1, -0.05) is 76.8 Å². The SMILES string of the molecule is CCC[C@H](NC(=O)[C@@H]1C[C@@H](Oc2cc(-c3ccccc3)nc3cc(OC)ccc23)C[C@H]1C(=O)N[C@H](C(=O)N[C@H](C(=O)OC)C1CCCCC1)C(C)C)C(=O)OC(C)(C)C. The average Bonchev–Trinajstić information content (AvgIpc) is 3.65. The molecule has 1 aromatic heterocycles. The first-order valence-electron chi connectivity index (χ1n) is 21.0. The highest BCUT2D eigenvalue weighted by atomic mass is 16.6. The maximum Gasteiger partial charge on any atom is 0.329 e. The van der Waals surface area contributed by atoms with Gasteiger partial charge in [-0.25, -0.2) is 14.6 Å². The molecule has 2 saturated carbocycles. The Bertz CT molecular complexity index is 1940. The van der Waals surface area contributed by atoms with Crippen molar-refractivity contribution in [1.29, 1.82) is 0 Å². The number of ether oxygens (including phenoxy) is 4. The maximum absolute atomic E-state index is 14.5. The number of carbonyl (C=O) groups excluding carboxylic acids is 5. The molecular formula is C46H62N4O9. The molecule has 0 aliphatic heterocycles. The lowest BCUT2D eigenvalue weighted by molar-refractivity contribution is -0.159. The minimum absolute atomic E-state index is 0.0710. The molecule has 59 heavy (non-hydrogen) atoms. The van der Waals surface area contributed by atoms with E-state index in [1.165, 1.54) is 7.11 Å². The molecule has 0 spiro atoms. The van der Waals surface area contributed by atoms with E-state index in [2.05, 4.69) is 16.0 Å². The summed E-state index contributed by atoms with van der Waals surface area (Å²) in [7, 11) is 2.89. The molecule has 0 saturated heterocycles. The van der Waals surface area contributed by atoms with Crippen LogP contribution in [0, 0.1) is 23.7 Å². The van der Waals surface area contributed by atoms with Crippen molar-refractivity contribution in [2.24, 2.45) is 23.7 Å². The van der Waals surface area contributed by atoms with Crippen LogP contribution in [-0.4, -0.2) is 78.7 Å². The molecule has 6 atom stereocenters. The van der Waals surface area contributed by atoms with Crippen molar-refractivity contribution in [1.82, 2.24) is 20.9 Å². The first-order valence-corrected chi connectivity index (χ1v) is 21.0. The highest BCUT2D eigenvalue weighted by Crippen LogP contribution is 2.39. The highest BCUT2D eigenvalue weighted by molar-refractivity contribution is 5.95. The molecule has 3 aromatic rings. The second-order valence-electron chi connectivity index (χ2n) is 17.2. The lowest BCUT2D eigenvalue weighted by atomic mass is 9.83. The quantitative estimate of drug-likeness (QED) is 0.132. The molecule has 13 nitrogen and oxygen atoms in total. The maximum atomic E-state index is 14.5. The Kier molecular flexibility index (Phi) is 15.4. The van der Waals surface area contributed by atoms with Gasteiger partial charge in [-0.15, -0.1) is 0 Å². The molecule has 0 bridgehead atoms. The van der Waals surface area contributed by atoms with Crippen LogP contribution in [0.4, 0.5) is 0 Å². The van der Waals surface area contributed by atoms with Gasteiger partial charge in [0.25, 0.3) is 0 Å². The highest BCUT2D eigenvalue weighted by Gasteiger charge is 2.46. The summed E-state index contributed by atoms with van der Waals surface area (Å²) in [6, 6.07) is 14.3. The molecule has 0 radical (unpaired) electrons. The molecule has 320 valence electrons. The number of carbonyl (C=O) groups is 5. The first-order chi connectivity index (χ1) is 28.1. The number of pyridine rings is 1. The fourth-order valence-corrected chi connectivity index (χ4v) is 8.20. The third kappa shape index (κ3) is 11.7. The summed E-state index contributed by atoms with van der Waals surface area (Å²) in [6.07, 6.45) is 5.20. The van der Waals surface area contributed by atoms with Crippen LogP contribution < -0.4 is 25.4 Å². The van der Waals surface area contributed by atoms with E-state index in [-0.39, 0.29) is 24.7 Å². The van der Waals surface area contributed by atoms with E-state index < -0.39 is 71.3 Å². The summed E-state index contributed by atoms with van der Waals surface area (Å²) in [5.74, 6) is -3.67. The van der Waals surface area contributed by atoms with Gasteiger partial charge < -0.3 is 34.9 Å². The molecule has 3 N–H and O–H groups in total. The fraction of sp³-hybridized carbons (Fsp3) is 0.565. The predicted molar refractivity (Wildman–Crippen MR) is 224 cm³/mol. The zero-order chi connectivity index (χ0) is 42.9. The number of benzene rings is 2. The number of methoxy groups -OCH3 is 2. The van der Waals surface area contributed by atoms with Crippen LogP contribution in [0.15, 0.2) is 54.6 Å². The average molecular weight is 815 g/mol. The molecule has 0 unspecified atom stereocenters. The number of aromatic nitrogens is 1. The Labute approximate surface area is 348 Å². The summed E-state index contributed by atoms with van der Waals surface area (Å²) in [5.41, 5.74) is 1.43. The first kappa shape index (κ1) is 44.9. The lowest BCUT2D eigenvalue weighted by Crippen LogP contribution is -2.57. The molecule has 13 heteroatoms. The summed E-state index contributed by atoms with van der Waals surface area (Å²) >= 11 is 0.